The second kappa shape index (κ2) is 6.60. The van der Waals surface area contributed by atoms with Gasteiger partial charge in [0.05, 0.1) is 4.90 Å². The molecule has 6 heteroatoms. The smallest absolute Gasteiger partial charge is 0.240 e. The zero-order valence-corrected chi connectivity index (χ0v) is 14.2. The van der Waals surface area contributed by atoms with Crippen molar-refractivity contribution in [3.05, 3.63) is 52.6 Å². The molecule has 23 heavy (non-hydrogen) atoms. The van der Waals surface area contributed by atoms with Crippen molar-refractivity contribution in [3.8, 4) is 11.5 Å². The Labute approximate surface area is 136 Å². The number of hydrogen-bond donors (Lipinski definition) is 3. The average molecular weight is 335 g/mol. The first-order valence-electron chi connectivity index (χ1n) is 7.29. The Morgan fingerprint density at radius 1 is 0.957 bits per heavy atom. The second-order valence-electron chi connectivity index (χ2n) is 5.68. The molecule has 0 atom stereocenters. The van der Waals surface area contributed by atoms with Crippen LogP contribution in [0.25, 0.3) is 0 Å². The van der Waals surface area contributed by atoms with Crippen LogP contribution < -0.4 is 4.72 Å². The molecule has 2 aromatic carbocycles. The fourth-order valence-electron chi connectivity index (χ4n) is 2.49. The molecule has 2 rings (SSSR count). The van der Waals surface area contributed by atoms with E-state index in [0.29, 0.717) is 12.0 Å². The minimum Gasteiger partial charge on any atom is -0.504 e. The number of hydrogen-bond acceptors (Lipinski definition) is 4. The predicted octanol–water partition coefficient (Wildman–Crippen LogP) is 2.54. The van der Waals surface area contributed by atoms with E-state index in [-0.39, 0.29) is 22.9 Å². The van der Waals surface area contributed by atoms with Crippen LogP contribution >= 0.6 is 0 Å². The molecule has 124 valence electrons. The first kappa shape index (κ1) is 17.3. The minimum absolute atomic E-state index is 0.179. The zero-order chi connectivity index (χ0) is 17.2. The molecule has 2 aromatic rings. The van der Waals surface area contributed by atoms with Crippen LogP contribution in [-0.4, -0.2) is 25.2 Å². The van der Waals surface area contributed by atoms with Crippen molar-refractivity contribution in [2.45, 2.75) is 32.1 Å². The van der Waals surface area contributed by atoms with Crippen molar-refractivity contribution in [3.63, 3.8) is 0 Å². The van der Waals surface area contributed by atoms with E-state index in [2.05, 4.69) is 4.72 Å². The van der Waals surface area contributed by atoms with Gasteiger partial charge in [-0.2, -0.15) is 0 Å². The number of phenolic OH excluding ortho intramolecular Hbond substituents is 2. The summed E-state index contributed by atoms with van der Waals surface area (Å²) in [6, 6.07) is 8.12. The number of sulfonamides is 1. The third kappa shape index (κ3) is 4.03. The van der Waals surface area contributed by atoms with Crippen molar-refractivity contribution in [1.29, 1.82) is 0 Å². The summed E-state index contributed by atoms with van der Waals surface area (Å²) >= 11 is 0. The molecule has 0 spiro atoms. The second-order valence-corrected chi connectivity index (χ2v) is 7.42. The molecule has 3 N–H and O–H groups in total. The van der Waals surface area contributed by atoms with E-state index in [1.54, 1.807) is 26.0 Å². The SMILES string of the molecule is Cc1ccc(S(=O)(=O)NCCc2cc(O)c(O)cc2C)c(C)c1. The number of aromatic hydroxyl groups is 2. The van der Waals surface area contributed by atoms with E-state index >= 15 is 0 Å². The molecule has 0 amide bonds. The predicted molar refractivity (Wildman–Crippen MR) is 89.3 cm³/mol. The molecule has 0 unspecified atom stereocenters. The molecule has 0 fully saturated rings. The van der Waals surface area contributed by atoms with Gasteiger partial charge in [-0.1, -0.05) is 17.7 Å². The molecule has 0 aromatic heterocycles. The number of benzene rings is 2. The maximum absolute atomic E-state index is 12.4. The Bertz CT molecular complexity index is 829. The standard InChI is InChI=1S/C17H21NO4S/c1-11-4-5-17(13(3)8-11)23(21,22)18-7-6-14-10-16(20)15(19)9-12(14)2/h4-5,8-10,18-20H,6-7H2,1-3H3. The van der Waals surface area contributed by atoms with Crippen molar-refractivity contribution in [1.82, 2.24) is 4.72 Å². The van der Waals surface area contributed by atoms with Crippen LogP contribution in [0.3, 0.4) is 0 Å². The van der Waals surface area contributed by atoms with Gasteiger partial charge in [-0.05, 0) is 62.1 Å². The van der Waals surface area contributed by atoms with E-state index in [1.165, 1.54) is 12.1 Å². The van der Waals surface area contributed by atoms with E-state index < -0.39 is 10.0 Å². The summed E-state index contributed by atoms with van der Waals surface area (Å²) in [7, 11) is -3.57. The summed E-state index contributed by atoms with van der Waals surface area (Å²) < 4.78 is 27.3. The van der Waals surface area contributed by atoms with Gasteiger partial charge < -0.3 is 10.2 Å². The molecule has 0 radical (unpaired) electrons. The summed E-state index contributed by atoms with van der Waals surface area (Å²) in [5.41, 5.74) is 3.29. The summed E-state index contributed by atoms with van der Waals surface area (Å²) in [6.45, 7) is 5.69. The fraction of sp³-hybridized carbons (Fsp3) is 0.294. The number of nitrogens with one attached hydrogen (secondary N) is 1. The lowest BCUT2D eigenvalue weighted by molar-refractivity contribution is 0.402. The van der Waals surface area contributed by atoms with Crippen LogP contribution in [-0.2, 0) is 16.4 Å². The number of phenols is 2. The third-order valence-electron chi connectivity index (χ3n) is 3.74. The Balaban J connectivity index is 2.10. The van der Waals surface area contributed by atoms with Gasteiger partial charge in [0.15, 0.2) is 11.5 Å². The first-order valence-corrected chi connectivity index (χ1v) is 8.77. The lowest BCUT2D eigenvalue weighted by Gasteiger charge is -2.11. The van der Waals surface area contributed by atoms with Crippen molar-refractivity contribution < 1.29 is 18.6 Å². The van der Waals surface area contributed by atoms with Gasteiger partial charge in [0.25, 0.3) is 0 Å². The highest BCUT2D eigenvalue weighted by Crippen LogP contribution is 2.28. The van der Waals surface area contributed by atoms with Crippen LogP contribution in [0, 0.1) is 20.8 Å². The van der Waals surface area contributed by atoms with E-state index in [9.17, 15) is 18.6 Å². The lowest BCUT2D eigenvalue weighted by atomic mass is 10.1. The summed E-state index contributed by atoms with van der Waals surface area (Å²) in [6.07, 6.45) is 0.420. The summed E-state index contributed by atoms with van der Waals surface area (Å²) in [4.78, 5) is 0.272. The topological polar surface area (TPSA) is 86.6 Å². The van der Waals surface area contributed by atoms with Gasteiger partial charge in [-0.25, -0.2) is 13.1 Å². The van der Waals surface area contributed by atoms with Crippen LogP contribution in [0.5, 0.6) is 11.5 Å². The van der Waals surface area contributed by atoms with Crippen LogP contribution in [0.2, 0.25) is 0 Å². The molecular weight excluding hydrogens is 314 g/mol. The molecular formula is C17H21NO4S. The Kier molecular flexibility index (Phi) is 4.97. The maximum Gasteiger partial charge on any atom is 0.240 e. The molecule has 0 saturated carbocycles. The average Bonchev–Trinajstić information content (AvgIpc) is 2.43. The van der Waals surface area contributed by atoms with E-state index in [0.717, 1.165) is 16.7 Å². The highest BCUT2D eigenvalue weighted by atomic mass is 32.2. The zero-order valence-electron chi connectivity index (χ0n) is 13.4. The van der Waals surface area contributed by atoms with Gasteiger partial charge in [0, 0.05) is 6.54 Å². The number of rotatable bonds is 5. The fourth-order valence-corrected chi connectivity index (χ4v) is 3.75. The number of aryl methyl sites for hydroxylation is 3. The highest BCUT2D eigenvalue weighted by Gasteiger charge is 2.16. The molecule has 5 nitrogen and oxygen atoms in total. The van der Waals surface area contributed by atoms with Crippen LogP contribution in [0.4, 0.5) is 0 Å². The van der Waals surface area contributed by atoms with Gasteiger partial charge in [-0.15, -0.1) is 0 Å². The summed E-state index contributed by atoms with van der Waals surface area (Å²) in [5, 5.41) is 19.0. The molecule has 0 aliphatic heterocycles. The van der Waals surface area contributed by atoms with Gasteiger partial charge in [-0.3, -0.25) is 0 Å². The lowest BCUT2D eigenvalue weighted by Crippen LogP contribution is -2.26. The Hall–Kier alpha value is -2.05. The van der Waals surface area contributed by atoms with Gasteiger partial charge in [0.2, 0.25) is 10.0 Å². The van der Waals surface area contributed by atoms with Crippen molar-refractivity contribution >= 4 is 10.0 Å². The Morgan fingerprint density at radius 3 is 2.26 bits per heavy atom. The van der Waals surface area contributed by atoms with E-state index in [4.69, 9.17) is 0 Å². The molecule has 0 heterocycles. The van der Waals surface area contributed by atoms with Crippen molar-refractivity contribution in [2.24, 2.45) is 0 Å². The molecule has 0 bridgehead atoms. The molecule has 0 aliphatic rings. The van der Waals surface area contributed by atoms with Crippen LogP contribution in [0.15, 0.2) is 35.2 Å². The molecule has 0 aliphatic carbocycles. The third-order valence-corrected chi connectivity index (χ3v) is 5.36. The highest BCUT2D eigenvalue weighted by molar-refractivity contribution is 7.89. The minimum atomic E-state index is -3.57. The quantitative estimate of drug-likeness (QED) is 0.733. The first-order chi connectivity index (χ1) is 10.7. The maximum atomic E-state index is 12.4. The van der Waals surface area contributed by atoms with Crippen molar-refractivity contribution in [2.75, 3.05) is 6.54 Å². The Morgan fingerprint density at radius 2 is 1.61 bits per heavy atom. The normalized spacial score (nSPS) is 11.6. The largest absolute Gasteiger partial charge is 0.504 e. The van der Waals surface area contributed by atoms with Crippen LogP contribution in [0.1, 0.15) is 22.3 Å². The molecule has 0 saturated heterocycles. The van der Waals surface area contributed by atoms with Gasteiger partial charge in [0.1, 0.15) is 0 Å². The summed E-state index contributed by atoms with van der Waals surface area (Å²) in [5.74, 6) is -0.384. The van der Waals surface area contributed by atoms with Gasteiger partial charge >= 0.3 is 0 Å². The van der Waals surface area contributed by atoms with E-state index in [1.807, 2.05) is 13.0 Å². The monoisotopic (exact) mass is 335 g/mol.